The smallest absolute Gasteiger partial charge is 0.410 e. The molecule has 1 saturated heterocycles. The molecule has 1 aromatic rings. The van der Waals surface area contributed by atoms with E-state index in [9.17, 15) is 14.0 Å². The summed E-state index contributed by atoms with van der Waals surface area (Å²) in [6.45, 7) is 1.31. The highest BCUT2D eigenvalue weighted by molar-refractivity contribution is 5.86. The van der Waals surface area contributed by atoms with Gasteiger partial charge in [-0.1, -0.05) is 6.07 Å². The molecular formula is C17H24FN3O3. The minimum atomic E-state index is -0.501. The number of carbonyl (C=O) groups is 2. The highest BCUT2D eigenvalue weighted by Gasteiger charge is 2.34. The van der Waals surface area contributed by atoms with E-state index in [1.54, 1.807) is 12.1 Å². The van der Waals surface area contributed by atoms with Crippen molar-refractivity contribution in [2.75, 3.05) is 27.7 Å². The zero-order chi connectivity index (χ0) is 17.7. The van der Waals surface area contributed by atoms with Gasteiger partial charge in [-0.2, -0.15) is 0 Å². The molecule has 7 heteroatoms. The second kappa shape index (κ2) is 8.10. The molecule has 1 aliphatic heterocycles. The molecule has 0 aromatic heterocycles. The van der Waals surface area contributed by atoms with Gasteiger partial charge in [0.1, 0.15) is 11.9 Å². The molecule has 2 amide bonds. The molecule has 0 saturated carbocycles. The zero-order valence-corrected chi connectivity index (χ0v) is 14.3. The summed E-state index contributed by atoms with van der Waals surface area (Å²) in [6.07, 6.45) is 0.912. The van der Waals surface area contributed by atoms with Crippen LogP contribution < -0.4 is 5.32 Å². The van der Waals surface area contributed by atoms with Crippen molar-refractivity contribution in [3.63, 3.8) is 0 Å². The molecule has 6 nitrogen and oxygen atoms in total. The lowest BCUT2D eigenvalue weighted by atomic mass is 10.1. The largest absolute Gasteiger partial charge is 0.453 e. The van der Waals surface area contributed by atoms with Gasteiger partial charge in [-0.15, -0.1) is 0 Å². The van der Waals surface area contributed by atoms with E-state index in [1.165, 1.54) is 18.1 Å². The summed E-state index contributed by atoms with van der Waals surface area (Å²) in [6, 6.07) is 4.32. The third-order valence-electron chi connectivity index (χ3n) is 4.03. The molecule has 0 unspecified atom stereocenters. The maximum absolute atomic E-state index is 13.8. The van der Waals surface area contributed by atoms with Crippen LogP contribution in [0.2, 0.25) is 0 Å². The Morgan fingerprint density at radius 2 is 2.17 bits per heavy atom. The van der Waals surface area contributed by atoms with Crippen LogP contribution in [0.15, 0.2) is 18.2 Å². The van der Waals surface area contributed by atoms with Gasteiger partial charge in [0.2, 0.25) is 5.91 Å². The van der Waals surface area contributed by atoms with Crippen molar-refractivity contribution in [2.45, 2.75) is 32.0 Å². The number of rotatable bonds is 5. The standard InChI is InChI=1S/C17H24FN3O3/c1-20(2)11-13-9-12(6-7-14(13)18)10-19-16(22)15-5-4-8-21(15)17(23)24-3/h6-7,9,15H,4-5,8,10-11H2,1-3H3,(H,19,22)/t15-/m1/s1. The lowest BCUT2D eigenvalue weighted by Crippen LogP contribution is -2.45. The van der Waals surface area contributed by atoms with Crippen molar-refractivity contribution in [1.82, 2.24) is 15.1 Å². The van der Waals surface area contributed by atoms with Gasteiger partial charge in [0.25, 0.3) is 0 Å². The Kier molecular flexibility index (Phi) is 6.14. The van der Waals surface area contributed by atoms with Crippen LogP contribution in [-0.4, -0.2) is 55.6 Å². The minimum Gasteiger partial charge on any atom is -0.453 e. The maximum atomic E-state index is 13.8. The quantitative estimate of drug-likeness (QED) is 0.889. The fourth-order valence-corrected chi connectivity index (χ4v) is 2.88. The van der Waals surface area contributed by atoms with Gasteiger partial charge in [0.05, 0.1) is 7.11 Å². The molecule has 1 N–H and O–H groups in total. The van der Waals surface area contributed by atoms with Crippen LogP contribution in [0, 0.1) is 5.82 Å². The number of nitrogens with zero attached hydrogens (tertiary/aromatic N) is 2. The molecular weight excluding hydrogens is 313 g/mol. The molecule has 0 bridgehead atoms. The summed E-state index contributed by atoms with van der Waals surface area (Å²) < 4.78 is 18.5. The van der Waals surface area contributed by atoms with Gasteiger partial charge in [-0.3, -0.25) is 9.69 Å². The highest BCUT2D eigenvalue weighted by atomic mass is 19.1. The van der Waals surface area contributed by atoms with Gasteiger partial charge in [0, 0.05) is 25.2 Å². The van der Waals surface area contributed by atoms with Crippen molar-refractivity contribution in [3.8, 4) is 0 Å². The van der Waals surface area contributed by atoms with E-state index in [2.05, 4.69) is 5.32 Å². The molecule has 1 heterocycles. The van der Waals surface area contributed by atoms with Crippen molar-refractivity contribution >= 4 is 12.0 Å². The molecule has 0 radical (unpaired) electrons. The summed E-state index contributed by atoms with van der Waals surface area (Å²) in [5.41, 5.74) is 1.41. The predicted molar refractivity (Wildman–Crippen MR) is 87.8 cm³/mol. The topological polar surface area (TPSA) is 61.9 Å². The van der Waals surface area contributed by atoms with Gasteiger partial charge in [0.15, 0.2) is 0 Å². The molecule has 1 atom stereocenters. The third-order valence-corrected chi connectivity index (χ3v) is 4.03. The molecule has 24 heavy (non-hydrogen) atoms. The Hall–Kier alpha value is -2.15. The van der Waals surface area contributed by atoms with Crippen LogP contribution in [-0.2, 0) is 22.6 Å². The van der Waals surface area contributed by atoms with Crippen LogP contribution in [0.3, 0.4) is 0 Å². The van der Waals surface area contributed by atoms with Crippen LogP contribution in [0.5, 0.6) is 0 Å². The lowest BCUT2D eigenvalue weighted by molar-refractivity contribution is -0.125. The van der Waals surface area contributed by atoms with E-state index in [-0.39, 0.29) is 11.7 Å². The van der Waals surface area contributed by atoms with Crippen molar-refractivity contribution < 1.29 is 18.7 Å². The fraction of sp³-hybridized carbons (Fsp3) is 0.529. The number of carbonyl (C=O) groups excluding carboxylic acids is 2. The lowest BCUT2D eigenvalue weighted by Gasteiger charge is -2.22. The van der Waals surface area contributed by atoms with E-state index < -0.39 is 12.1 Å². The van der Waals surface area contributed by atoms with Crippen LogP contribution in [0.1, 0.15) is 24.0 Å². The predicted octanol–water partition coefficient (Wildman–Crippen LogP) is 1.73. The highest BCUT2D eigenvalue weighted by Crippen LogP contribution is 2.18. The first kappa shape index (κ1) is 18.2. The van der Waals surface area contributed by atoms with E-state index in [0.29, 0.717) is 31.6 Å². The Labute approximate surface area is 141 Å². The minimum absolute atomic E-state index is 0.212. The van der Waals surface area contributed by atoms with Crippen molar-refractivity contribution in [1.29, 1.82) is 0 Å². The van der Waals surface area contributed by atoms with Crippen molar-refractivity contribution in [3.05, 3.63) is 35.1 Å². The average molecular weight is 337 g/mol. The van der Waals surface area contributed by atoms with Crippen LogP contribution in [0.4, 0.5) is 9.18 Å². The normalized spacial score (nSPS) is 17.2. The number of hydrogen-bond donors (Lipinski definition) is 1. The Morgan fingerprint density at radius 1 is 1.42 bits per heavy atom. The summed E-state index contributed by atoms with van der Waals surface area (Å²) >= 11 is 0. The second-order valence-corrected chi connectivity index (χ2v) is 6.20. The molecule has 1 aromatic carbocycles. The summed E-state index contributed by atoms with van der Waals surface area (Å²) in [7, 11) is 5.05. The maximum Gasteiger partial charge on any atom is 0.410 e. The summed E-state index contributed by atoms with van der Waals surface area (Å²) in [5, 5.41) is 2.83. The number of benzene rings is 1. The molecule has 0 aliphatic carbocycles. The average Bonchev–Trinajstić information content (AvgIpc) is 3.03. The van der Waals surface area contributed by atoms with E-state index in [1.807, 2.05) is 19.0 Å². The number of halogens is 1. The van der Waals surface area contributed by atoms with Crippen molar-refractivity contribution in [2.24, 2.45) is 0 Å². The van der Waals surface area contributed by atoms with E-state index >= 15 is 0 Å². The van der Waals surface area contributed by atoms with Gasteiger partial charge in [-0.05, 0) is 44.6 Å². The summed E-state index contributed by atoms with van der Waals surface area (Å²) in [4.78, 5) is 27.3. The Bertz CT molecular complexity index is 607. The van der Waals surface area contributed by atoms with Crippen LogP contribution in [0.25, 0.3) is 0 Å². The number of likely N-dealkylation sites (tertiary alicyclic amines) is 1. The number of methoxy groups -OCH3 is 1. The molecule has 2 rings (SSSR count). The monoisotopic (exact) mass is 337 g/mol. The molecule has 0 spiro atoms. The third kappa shape index (κ3) is 4.44. The fourth-order valence-electron chi connectivity index (χ4n) is 2.88. The van der Waals surface area contributed by atoms with Gasteiger partial charge >= 0.3 is 6.09 Å². The van der Waals surface area contributed by atoms with Gasteiger partial charge in [-0.25, -0.2) is 9.18 Å². The number of nitrogens with one attached hydrogen (secondary N) is 1. The van der Waals surface area contributed by atoms with Gasteiger partial charge < -0.3 is 15.0 Å². The molecule has 1 fully saturated rings. The Morgan fingerprint density at radius 3 is 2.83 bits per heavy atom. The SMILES string of the molecule is COC(=O)N1CCC[C@@H]1C(=O)NCc1ccc(F)c(CN(C)C)c1. The summed E-state index contributed by atoms with van der Waals surface area (Å²) in [5.74, 6) is -0.470. The number of hydrogen-bond acceptors (Lipinski definition) is 4. The van der Waals surface area contributed by atoms with Crippen LogP contribution >= 0.6 is 0 Å². The second-order valence-electron chi connectivity index (χ2n) is 6.20. The molecule has 1 aliphatic rings. The first-order valence-corrected chi connectivity index (χ1v) is 7.96. The Balaban J connectivity index is 1.97. The first-order chi connectivity index (χ1) is 11.4. The number of ether oxygens (including phenoxy) is 1. The zero-order valence-electron chi connectivity index (χ0n) is 14.3. The van der Waals surface area contributed by atoms with E-state index in [0.717, 1.165) is 12.0 Å². The number of amides is 2. The molecule has 132 valence electrons. The first-order valence-electron chi connectivity index (χ1n) is 7.96. The van der Waals surface area contributed by atoms with E-state index in [4.69, 9.17) is 4.74 Å².